The molecule has 0 atom stereocenters. The van der Waals surface area contributed by atoms with Gasteiger partial charge in [0.05, 0.1) is 0 Å². The fraction of sp³-hybridized carbons (Fsp3) is 0.600. The van der Waals surface area contributed by atoms with Gasteiger partial charge in [-0.3, -0.25) is 0 Å². The first-order valence-electron chi connectivity index (χ1n) is 4.88. The van der Waals surface area contributed by atoms with E-state index in [1.807, 2.05) is 0 Å². The van der Waals surface area contributed by atoms with E-state index >= 15 is 0 Å². The first kappa shape index (κ1) is 10.2. The van der Waals surface area contributed by atoms with Gasteiger partial charge in [-0.05, 0) is 25.7 Å². The Kier molecular flexibility index (Phi) is 2.93. The Balaban J connectivity index is 2.40. The Morgan fingerprint density at radius 3 is 2.07 bits per heavy atom. The van der Waals surface area contributed by atoms with E-state index in [-0.39, 0.29) is 0 Å². The standard InChI is InChI=1S/C10H12Cl2N2/c1-6-13-9(11)8(10(12)14-6)7-4-2-3-5-7/h7H,2-5H2,1H3. The first-order chi connectivity index (χ1) is 6.68. The summed E-state index contributed by atoms with van der Waals surface area (Å²) in [6.07, 6.45) is 4.83. The number of hydrogen-bond donors (Lipinski definition) is 0. The van der Waals surface area contributed by atoms with Crippen molar-refractivity contribution in [1.29, 1.82) is 0 Å². The van der Waals surface area contributed by atoms with Gasteiger partial charge in [-0.2, -0.15) is 0 Å². The lowest BCUT2D eigenvalue weighted by Crippen LogP contribution is -2.01. The van der Waals surface area contributed by atoms with Crippen molar-refractivity contribution in [3.8, 4) is 0 Å². The maximum Gasteiger partial charge on any atom is 0.137 e. The Bertz CT molecular complexity index is 323. The predicted molar refractivity (Wildman–Crippen MR) is 58.0 cm³/mol. The molecule has 0 saturated heterocycles. The van der Waals surface area contributed by atoms with Gasteiger partial charge >= 0.3 is 0 Å². The van der Waals surface area contributed by atoms with Crippen LogP contribution in [0.4, 0.5) is 0 Å². The van der Waals surface area contributed by atoms with Crippen LogP contribution in [0.5, 0.6) is 0 Å². The molecule has 14 heavy (non-hydrogen) atoms. The van der Waals surface area contributed by atoms with Crippen LogP contribution in [0.2, 0.25) is 10.3 Å². The van der Waals surface area contributed by atoms with Crippen molar-refractivity contribution >= 4 is 23.2 Å². The van der Waals surface area contributed by atoms with Crippen molar-refractivity contribution in [2.75, 3.05) is 0 Å². The van der Waals surface area contributed by atoms with Gasteiger partial charge < -0.3 is 0 Å². The summed E-state index contributed by atoms with van der Waals surface area (Å²) in [6.45, 7) is 1.80. The number of aryl methyl sites for hydroxylation is 1. The van der Waals surface area contributed by atoms with E-state index in [9.17, 15) is 0 Å². The van der Waals surface area contributed by atoms with Crippen molar-refractivity contribution < 1.29 is 0 Å². The minimum atomic E-state index is 0.468. The monoisotopic (exact) mass is 230 g/mol. The summed E-state index contributed by atoms with van der Waals surface area (Å²) in [6, 6.07) is 0. The molecule has 1 aliphatic rings. The van der Waals surface area contributed by atoms with Crippen molar-refractivity contribution in [2.45, 2.75) is 38.5 Å². The van der Waals surface area contributed by atoms with Crippen molar-refractivity contribution in [1.82, 2.24) is 9.97 Å². The van der Waals surface area contributed by atoms with Crippen molar-refractivity contribution in [2.24, 2.45) is 0 Å². The highest BCUT2D eigenvalue weighted by molar-refractivity contribution is 6.34. The van der Waals surface area contributed by atoms with Crippen LogP contribution in [-0.2, 0) is 0 Å². The van der Waals surface area contributed by atoms with Crippen LogP contribution in [0.15, 0.2) is 0 Å². The topological polar surface area (TPSA) is 25.8 Å². The Morgan fingerprint density at radius 2 is 1.57 bits per heavy atom. The van der Waals surface area contributed by atoms with Gasteiger partial charge in [0.15, 0.2) is 0 Å². The molecule has 0 unspecified atom stereocenters. The number of rotatable bonds is 1. The molecule has 0 N–H and O–H groups in total. The molecule has 1 saturated carbocycles. The molecule has 4 heteroatoms. The molecule has 2 nitrogen and oxygen atoms in total. The molecule has 2 rings (SSSR count). The SMILES string of the molecule is Cc1nc(Cl)c(C2CCCC2)c(Cl)n1. The number of nitrogens with zero attached hydrogens (tertiary/aromatic N) is 2. The van der Waals surface area contributed by atoms with E-state index in [2.05, 4.69) is 9.97 Å². The van der Waals surface area contributed by atoms with Crippen molar-refractivity contribution in [3.05, 3.63) is 21.7 Å². The number of hydrogen-bond acceptors (Lipinski definition) is 2. The Morgan fingerprint density at radius 1 is 1.07 bits per heavy atom. The Labute approximate surface area is 93.7 Å². The molecule has 0 amide bonds. The van der Waals surface area contributed by atoms with Crippen LogP contribution >= 0.6 is 23.2 Å². The van der Waals surface area contributed by atoms with E-state index in [4.69, 9.17) is 23.2 Å². The fourth-order valence-corrected chi connectivity index (χ4v) is 2.85. The van der Waals surface area contributed by atoms with E-state index in [1.165, 1.54) is 12.8 Å². The van der Waals surface area contributed by atoms with Crippen LogP contribution in [0.1, 0.15) is 43.0 Å². The molecule has 76 valence electrons. The summed E-state index contributed by atoms with van der Waals surface area (Å²) in [5.74, 6) is 1.11. The molecular formula is C10H12Cl2N2. The van der Waals surface area contributed by atoms with Gasteiger partial charge in [0.1, 0.15) is 16.1 Å². The molecule has 0 radical (unpaired) electrons. The third kappa shape index (κ3) is 1.86. The van der Waals surface area contributed by atoms with Crippen LogP contribution in [0.3, 0.4) is 0 Å². The van der Waals surface area contributed by atoms with E-state index in [0.717, 1.165) is 18.4 Å². The summed E-state index contributed by atoms with van der Waals surface area (Å²) in [5.41, 5.74) is 0.955. The third-order valence-electron chi connectivity index (χ3n) is 2.73. The number of aromatic nitrogens is 2. The Hall–Kier alpha value is -0.340. The largest absolute Gasteiger partial charge is 0.221 e. The molecule has 1 heterocycles. The summed E-state index contributed by atoms with van der Waals surface area (Å²) < 4.78 is 0. The van der Waals surface area contributed by atoms with Gasteiger partial charge in [0, 0.05) is 5.56 Å². The molecule has 0 spiro atoms. The lowest BCUT2D eigenvalue weighted by molar-refractivity contribution is 0.712. The van der Waals surface area contributed by atoms with Gasteiger partial charge in [-0.1, -0.05) is 36.0 Å². The highest BCUT2D eigenvalue weighted by atomic mass is 35.5. The molecule has 1 aromatic rings. The molecular weight excluding hydrogens is 219 g/mol. The van der Waals surface area contributed by atoms with Gasteiger partial charge in [0.2, 0.25) is 0 Å². The third-order valence-corrected chi connectivity index (χ3v) is 3.30. The highest BCUT2D eigenvalue weighted by Gasteiger charge is 2.23. The highest BCUT2D eigenvalue weighted by Crippen LogP contribution is 2.39. The summed E-state index contributed by atoms with van der Waals surface area (Å²) >= 11 is 12.2. The zero-order valence-electron chi connectivity index (χ0n) is 8.06. The fourth-order valence-electron chi connectivity index (χ4n) is 2.07. The van der Waals surface area contributed by atoms with E-state index < -0.39 is 0 Å². The summed E-state index contributed by atoms with van der Waals surface area (Å²) in [7, 11) is 0. The van der Waals surface area contributed by atoms with E-state index in [0.29, 0.717) is 22.0 Å². The average molecular weight is 231 g/mol. The smallest absolute Gasteiger partial charge is 0.137 e. The molecule has 1 fully saturated rings. The molecule has 0 aliphatic heterocycles. The molecule has 1 aromatic heterocycles. The van der Waals surface area contributed by atoms with Gasteiger partial charge in [-0.25, -0.2) is 9.97 Å². The first-order valence-corrected chi connectivity index (χ1v) is 5.63. The quantitative estimate of drug-likeness (QED) is 0.688. The van der Waals surface area contributed by atoms with E-state index in [1.54, 1.807) is 6.92 Å². The maximum absolute atomic E-state index is 6.08. The predicted octanol–water partition coefficient (Wildman–Crippen LogP) is 3.75. The summed E-state index contributed by atoms with van der Waals surface area (Å²) in [4.78, 5) is 8.30. The second-order valence-corrected chi connectivity index (χ2v) is 4.46. The van der Waals surface area contributed by atoms with Crippen LogP contribution < -0.4 is 0 Å². The second kappa shape index (κ2) is 4.03. The summed E-state index contributed by atoms with van der Waals surface area (Å²) in [5, 5.41) is 1.07. The maximum atomic E-state index is 6.08. The zero-order chi connectivity index (χ0) is 10.1. The van der Waals surface area contributed by atoms with Crippen LogP contribution in [0.25, 0.3) is 0 Å². The molecule has 0 bridgehead atoms. The minimum Gasteiger partial charge on any atom is -0.221 e. The molecule has 1 aliphatic carbocycles. The average Bonchev–Trinajstić information content (AvgIpc) is 2.54. The molecule has 0 aromatic carbocycles. The van der Waals surface area contributed by atoms with Gasteiger partial charge in [0.25, 0.3) is 0 Å². The normalized spacial score (nSPS) is 17.6. The number of halogens is 2. The van der Waals surface area contributed by atoms with Crippen LogP contribution in [-0.4, -0.2) is 9.97 Å². The second-order valence-electron chi connectivity index (χ2n) is 3.75. The minimum absolute atomic E-state index is 0.468. The van der Waals surface area contributed by atoms with Crippen molar-refractivity contribution in [3.63, 3.8) is 0 Å². The van der Waals surface area contributed by atoms with Crippen LogP contribution in [0, 0.1) is 6.92 Å². The lowest BCUT2D eigenvalue weighted by Gasteiger charge is -2.12. The lowest BCUT2D eigenvalue weighted by atomic mass is 10.0. The van der Waals surface area contributed by atoms with Gasteiger partial charge in [-0.15, -0.1) is 0 Å². The zero-order valence-corrected chi connectivity index (χ0v) is 9.57.